The lowest BCUT2D eigenvalue weighted by molar-refractivity contribution is -0.142. The highest BCUT2D eigenvalue weighted by atomic mass is 16.4. The van der Waals surface area contributed by atoms with E-state index in [1.165, 1.54) is 12.5 Å². The first-order chi connectivity index (χ1) is 22.6. The van der Waals surface area contributed by atoms with Gasteiger partial charge < -0.3 is 60.0 Å². The number of carboxylic acids is 1. The molecule has 0 fully saturated rings. The second kappa shape index (κ2) is 24.5. The largest absolute Gasteiger partial charge is 0.480 e. The summed E-state index contributed by atoms with van der Waals surface area (Å²) in [6.45, 7) is 1.63. The maximum atomic E-state index is 13.6. The molecule has 0 saturated heterocycles. The van der Waals surface area contributed by atoms with E-state index < -0.39 is 59.8 Å². The summed E-state index contributed by atoms with van der Waals surface area (Å²) in [5.74, 6) is -3.64. The Morgan fingerprint density at radius 3 is 1.36 bits per heavy atom. The number of nitrogens with one attached hydrogen (secondary N) is 5. The number of H-pyrrole nitrogens is 1. The molecule has 0 bridgehead atoms. The van der Waals surface area contributed by atoms with Gasteiger partial charge in [0, 0.05) is 18.3 Å². The number of carboxylic acid groups (broad SMARTS) is 1. The van der Waals surface area contributed by atoms with Crippen LogP contribution in [0.15, 0.2) is 12.5 Å². The Morgan fingerprint density at radius 2 is 1.00 bits per heavy atom. The summed E-state index contributed by atoms with van der Waals surface area (Å²) in [4.78, 5) is 71.9. The van der Waals surface area contributed by atoms with Gasteiger partial charge in [-0.1, -0.05) is 6.42 Å². The van der Waals surface area contributed by atoms with Crippen LogP contribution in [0.4, 0.5) is 0 Å². The van der Waals surface area contributed by atoms with Gasteiger partial charge in [0.1, 0.15) is 24.2 Å². The Bertz CT molecular complexity index is 1060. The predicted molar refractivity (Wildman–Crippen MR) is 177 cm³/mol. The molecule has 0 spiro atoms. The van der Waals surface area contributed by atoms with Gasteiger partial charge in [0.15, 0.2) is 0 Å². The molecule has 4 amide bonds. The quantitative estimate of drug-likeness (QED) is 0.0446. The van der Waals surface area contributed by atoms with Crippen LogP contribution < -0.4 is 49.9 Å². The van der Waals surface area contributed by atoms with Crippen molar-refractivity contribution in [3.63, 3.8) is 0 Å². The molecule has 0 aliphatic carbocycles. The molecule has 0 unspecified atom stereocenters. The zero-order chi connectivity index (χ0) is 35.0. The Balaban J connectivity index is 3.12. The number of carbonyl (C=O) groups is 5. The lowest BCUT2D eigenvalue weighted by Crippen LogP contribution is -2.58. The van der Waals surface area contributed by atoms with Gasteiger partial charge in [-0.2, -0.15) is 0 Å². The van der Waals surface area contributed by atoms with Crippen LogP contribution in [0.25, 0.3) is 0 Å². The Kier molecular flexibility index (Phi) is 21.6. The van der Waals surface area contributed by atoms with Gasteiger partial charge in [0.25, 0.3) is 0 Å². The maximum Gasteiger partial charge on any atom is 0.326 e. The molecule has 17 nitrogen and oxygen atoms in total. The summed E-state index contributed by atoms with van der Waals surface area (Å²) in [5.41, 5.74) is 29.0. The van der Waals surface area contributed by atoms with E-state index in [0.29, 0.717) is 89.7 Å². The Morgan fingerprint density at radius 1 is 0.617 bits per heavy atom. The molecule has 47 heavy (non-hydrogen) atoms. The first kappa shape index (κ1) is 41.4. The average molecular weight is 668 g/mol. The van der Waals surface area contributed by atoms with Crippen LogP contribution in [0.5, 0.6) is 0 Å². The number of carbonyl (C=O) groups excluding carboxylic acids is 4. The number of aliphatic carboxylic acids is 1. The molecular formula is C30H57N11O6. The third-order valence-corrected chi connectivity index (χ3v) is 7.64. The molecule has 0 radical (unpaired) electrons. The van der Waals surface area contributed by atoms with Crippen molar-refractivity contribution >= 4 is 29.6 Å². The highest BCUT2D eigenvalue weighted by molar-refractivity contribution is 5.95. The number of unbranched alkanes of at least 4 members (excludes halogenated alkanes) is 4. The zero-order valence-electron chi connectivity index (χ0n) is 27.4. The molecule has 1 heterocycles. The minimum absolute atomic E-state index is 0.0454. The van der Waals surface area contributed by atoms with Crippen LogP contribution >= 0.6 is 0 Å². The van der Waals surface area contributed by atoms with E-state index in [9.17, 15) is 29.1 Å². The van der Waals surface area contributed by atoms with Crippen LogP contribution in [0.2, 0.25) is 0 Å². The third-order valence-electron chi connectivity index (χ3n) is 7.64. The highest BCUT2D eigenvalue weighted by Crippen LogP contribution is 2.09. The fraction of sp³-hybridized carbons (Fsp3) is 0.733. The minimum atomic E-state index is -1.28. The van der Waals surface area contributed by atoms with Crippen molar-refractivity contribution < 1.29 is 29.1 Å². The van der Waals surface area contributed by atoms with Gasteiger partial charge in [-0.15, -0.1) is 0 Å². The van der Waals surface area contributed by atoms with Crippen molar-refractivity contribution in [3.8, 4) is 0 Å². The number of amides is 4. The summed E-state index contributed by atoms with van der Waals surface area (Å²) >= 11 is 0. The van der Waals surface area contributed by atoms with Crippen molar-refractivity contribution in [1.82, 2.24) is 31.2 Å². The average Bonchev–Trinajstić information content (AvgIpc) is 3.56. The number of nitrogens with zero attached hydrogens (tertiary/aromatic N) is 1. The fourth-order valence-corrected chi connectivity index (χ4v) is 4.84. The molecule has 0 saturated carbocycles. The molecule has 1 aromatic rings. The van der Waals surface area contributed by atoms with Crippen LogP contribution in [0.1, 0.15) is 82.7 Å². The van der Waals surface area contributed by atoms with Gasteiger partial charge in [0.05, 0.1) is 12.4 Å². The normalized spacial score (nSPS) is 14.3. The molecule has 17 heteroatoms. The van der Waals surface area contributed by atoms with Crippen molar-refractivity contribution in [3.05, 3.63) is 18.2 Å². The molecule has 1 rings (SSSR count). The van der Waals surface area contributed by atoms with Crippen LogP contribution in [-0.2, 0) is 30.4 Å². The molecule has 5 atom stereocenters. The van der Waals surface area contributed by atoms with Gasteiger partial charge >= 0.3 is 5.97 Å². The highest BCUT2D eigenvalue weighted by Gasteiger charge is 2.31. The molecule has 0 aromatic carbocycles. The van der Waals surface area contributed by atoms with Gasteiger partial charge in [0.2, 0.25) is 23.6 Å². The third kappa shape index (κ3) is 17.2. The van der Waals surface area contributed by atoms with E-state index in [1.54, 1.807) is 0 Å². The van der Waals surface area contributed by atoms with E-state index in [1.807, 2.05) is 0 Å². The maximum absolute atomic E-state index is 13.6. The summed E-state index contributed by atoms with van der Waals surface area (Å²) in [6.07, 6.45) is 8.59. The molecule has 16 N–H and O–H groups in total. The molecule has 268 valence electrons. The Labute approximate surface area is 276 Å². The van der Waals surface area contributed by atoms with Gasteiger partial charge in [-0.25, -0.2) is 9.78 Å². The summed E-state index contributed by atoms with van der Waals surface area (Å²) in [5, 5.41) is 20.4. The second-order valence-corrected chi connectivity index (χ2v) is 11.6. The molecule has 0 aliphatic heterocycles. The van der Waals surface area contributed by atoms with E-state index >= 15 is 0 Å². The number of hydrogen-bond donors (Lipinski definition) is 11. The van der Waals surface area contributed by atoms with Crippen LogP contribution in [0.3, 0.4) is 0 Å². The first-order valence-corrected chi connectivity index (χ1v) is 16.5. The van der Waals surface area contributed by atoms with E-state index in [4.69, 9.17) is 28.7 Å². The van der Waals surface area contributed by atoms with Crippen molar-refractivity contribution in [2.24, 2.45) is 28.7 Å². The monoisotopic (exact) mass is 667 g/mol. The summed E-state index contributed by atoms with van der Waals surface area (Å²) in [7, 11) is 0. The van der Waals surface area contributed by atoms with Crippen molar-refractivity contribution in [2.45, 2.75) is 114 Å². The first-order valence-electron chi connectivity index (χ1n) is 16.5. The predicted octanol–water partition coefficient (Wildman–Crippen LogP) is -2.18. The van der Waals surface area contributed by atoms with E-state index in [2.05, 4.69) is 31.2 Å². The lowest BCUT2D eigenvalue weighted by Gasteiger charge is -2.26. The molecular weight excluding hydrogens is 610 g/mol. The van der Waals surface area contributed by atoms with E-state index in [0.717, 1.165) is 0 Å². The SMILES string of the molecule is NCCCC[C@H](NC(=O)[C@H](CCCCN)NC(=O)[C@H](CCCCN)NC(=O)[C@@H](N)CCCCN)C(=O)N[C@@H](Cc1cnc[nH]1)C(=O)O. The number of nitrogens with two attached hydrogens (primary N) is 5. The number of aromatic amines is 1. The smallest absolute Gasteiger partial charge is 0.326 e. The number of aromatic nitrogens is 2. The molecule has 1 aromatic heterocycles. The van der Waals surface area contributed by atoms with Crippen molar-refractivity contribution in [2.75, 3.05) is 26.2 Å². The second-order valence-electron chi connectivity index (χ2n) is 11.6. The standard InChI is InChI=1S/C30H57N11O6/c31-13-5-1-9-21(35)26(42)38-22(10-2-6-14-32)27(43)39-23(11-3-7-15-33)28(44)40-24(12-4-8-16-34)29(45)41-25(30(46)47)17-20-18-36-19-37-20/h18-19,21-25H,1-17,31-35H2,(H,36,37)(H,38,42)(H,39,43)(H,40,44)(H,41,45)(H,46,47)/t21-,22-,23-,24-,25-/m0/s1. The van der Waals surface area contributed by atoms with Crippen LogP contribution in [0, 0.1) is 0 Å². The summed E-state index contributed by atoms with van der Waals surface area (Å²) in [6, 6.07) is -5.24. The summed E-state index contributed by atoms with van der Waals surface area (Å²) < 4.78 is 0. The number of hydrogen-bond acceptors (Lipinski definition) is 11. The van der Waals surface area contributed by atoms with E-state index in [-0.39, 0.29) is 25.7 Å². The minimum Gasteiger partial charge on any atom is -0.480 e. The number of rotatable bonds is 27. The van der Waals surface area contributed by atoms with Gasteiger partial charge in [-0.3, -0.25) is 19.2 Å². The molecule has 0 aliphatic rings. The lowest BCUT2D eigenvalue weighted by atomic mass is 10.0. The number of imidazole rings is 1. The zero-order valence-corrected chi connectivity index (χ0v) is 27.4. The van der Waals surface area contributed by atoms with Crippen molar-refractivity contribution in [1.29, 1.82) is 0 Å². The Hall–Kier alpha value is -3.64. The van der Waals surface area contributed by atoms with Gasteiger partial charge in [-0.05, 0) is 96.8 Å². The topological polar surface area (TPSA) is 312 Å². The van der Waals surface area contributed by atoms with Crippen LogP contribution in [-0.4, -0.2) is 101 Å². The fourth-order valence-electron chi connectivity index (χ4n) is 4.84.